The fourth-order valence-corrected chi connectivity index (χ4v) is 3.09. The Morgan fingerprint density at radius 3 is 2.62 bits per heavy atom. The molecule has 0 atom stereocenters. The van der Waals surface area contributed by atoms with Crippen LogP contribution in [0.5, 0.6) is 0 Å². The fourth-order valence-electron chi connectivity index (χ4n) is 1.75. The van der Waals surface area contributed by atoms with Crippen LogP contribution in [0.15, 0.2) is 0 Å². The number of Topliss-reactive ketones (excluding diaryl/α,β-unsaturated/α-hetero) is 1. The average Bonchev–Trinajstić information content (AvgIpc) is 2.19. The Balaban J connectivity index is 2.01. The monoisotopic (exact) mass is 200 g/mol. The van der Waals surface area contributed by atoms with Gasteiger partial charge in [-0.3, -0.25) is 4.79 Å². The molecule has 1 nitrogen and oxygen atoms in total. The Labute approximate surface area is 85.7 Å². The van der Waals surface area contributed by atoms with Gasteiger partial charge in [-0.25, -0.2) is 0 Å². The molecule has 1 saturated carbocycles. The molecular formula is C11H20OS. The first kappa shape index (κ1) is 11.1. The minimum absolute atomic E-state index is 0.420. The summed E-state index contributed by atoms with van der Waals surface area (Å²) in [5.41, 5.74) is 0. The Kier molecular flexibility index (Phi) is 5.52. The topological polar surface area (TPSA) is 17.1 Å². The van der Waals surface area contributed by atoms with E-state index in [-0.39, 0.29) is 0 Å². The van der Waals surface area contributed by atoms with Crippen LogP contribution in [0.3, 0.4) is 0 Å². The molecule has 0 saturated heterocycles. The van der Waals surface area contributed by atoms with E-state index in [1.54, 1.807) is 0 Å². The van der Waals surface area contributed by atoms with Crippen molar-refractivity contribution in [1.82, 2.24) is 0 Å². The third-order valence-electron chi connectivity index (χ3n) is 2.68. The summed E-state index contributed by atoms with van der Waals surface area (Å²) in [5, 5.41) is 0.860. The standard InChI is InChI=1S/C11H20OS/c1-2-10(12)8-9-13-11-6-4-3-5-7-11/h11H,2-9H2,1H3. The Morgan fingerprint density at radius 2 is 2.00 bits per heavy atom. The van der Waals surface area contributed by atoms with E-state index in [9.17, 15) is 4.79 Å². The summed E-state index contributed by atoms with van der Waals surface area (Å²) in [5.74, 6) is 1.47. The van der Waals surface area contributed by atoms with Crippen LogP contribution in [-0.2, 0) is 4.79 Å². The molecule has 1 aliphatic rings. The van der Waals surface area contributed by atoms with Gasteiger partial charge in [-0.15, -0.1) is 0 Å². The van der Waals surface area contributed by atoms with Gasteiger partial charge < -0.3 is 0 Å². The molecule has 1 rings (SSSR count). The molecule has 76 valence electrons. The lowest BCUT2D eigenvalue weighted by Gasteiger charge is -2.20. The molecule has 2 heteroatoms. The lowest BCUT2D eigenvalue weighted by atomic mass is 10.0. The van der Waals surface area contributed by atoms with E-state index in [1.165, 1.54) is 32.1 Å². The normalized spacial score (nSPS) is 18.8. The zero-order chi connectivity index (χ0) is 9.52. The summed E-state index contributed by atoms with van der Waals surface area (Å²) in [6, 6.07) is 0. The van der Waals surface area contributed by atoms with Gasteiger partial charge in [-0.05, 0) is 12.8 Å². The highest BCUT2D eigenvalue weighted by molar-refractivity contribution is 7.99. The Morgan fingerprint density at radius 1 is 1.31 bits per heavy atom. The predicted molar refractivity (Wildman–Crippen MR) is 59.2 cm³/mol. The van der Waals surface area contributed by atoms with Crippen LogP contribution in [0, 0.1) is 0 Å². The fraction of sp³-hybridized carbons (Fsp3) is 0.909. The molecule has 0 amide bonds. The molecule has 0 spiro atoms. The number of carbonyl (C=O) groups excluding carboxylic acids is 1. The summed E-state index contributed by atoms with van der Waals surface area (Å²) in [4.78, 5) is 11.0. The van der Waals surface area contributed by atoms with Gasteiger partial charge in [0.2, 0.25) is 0 Å². The van der Waals surface area contributed by atoms with Gasteiger partial charge in [0, 0.05) is 23.8 Å². The zero-order valence-corrected chi connectivity index (χ0v) is 9.37. The SMILES string of the molecule is CCC(=O)CCSC1CCCCC1. The number of ketones is 1. The van der Waals surface area contributed by atoms with Crippen molar-refractivity contribution in [2.75, 3.05) is 5.75 Å². The molecule has 0 aliphatic heterocycles. The van der Waals surface area contributed by atoms with Crippen molar-refractivity contribution in [3.8, 4) is 0 Å². The predicted octanol–water partition coefficient (Wildman–Crippen LogP) is 3.42. The van der Waals surface area contributed by atoms with Crippen molar-refractivity contribution in [2.45, 2.75) is 57.1 Å². The lowest BCUT2D eigenvalue weighted by molar-refractivity contribution is -0.118. The maximum Gasteiger partial charge on any atom is 0.133 e. The summed E-state index contributed by atoms with van der Waals surface area (Å²) in [6.07, 6.45) is 8.49. The van der Waals surface area contributed by atoms with E-state index < -0.39 is 0 Å². The summed E-state index contributed by atoms with van der Waals surface area (Å²) in [6.45, 7) is 1.95. The highest BCUT2D eigenvalue weighted by Crippen LogP contribution is 2.28. The van der Waals surface area contributed by atoms with Crippen LogP contribution in [0.1, 0.15) is 51.9 Å². The van der Waals surface area contributed by atoms with Crippen molar-refractivity contribution in [3.63, 3.8) is 0 Å². The number of hydrogen-bond donors (Lipinski definition) is 0. The van der Waals surface area contributed by atoms with Gasteiger partial charge >= 0.3 is 0 Å². The van der Waals surface area contributed by atoms with Crippen LogP contribution in [0.4, 0.5) is 0 Å². The number of rotatable bonds is 5. The Hall–Kier alpha value is 0.0200. The summed E-state index contributed by atoms with van der Waals surface area (Å²) in [7, 11) is 0. The first-order valence-corrected chi connectivity index (χ1v) is 6.51. The van der Waals surface area contributed by atoms with Crippen LogP contribution >= 0.6 is 11.8 Å². The van der Waals surface area contributed by atoms with Crippen LogP contribution < -0.4 is 0 Å². The van der Waals surface area contributed by atoms with Gasteiger partial charge in [0.1, 0.15) is 5.78 Å². The van der Waals surface area contributed by atoms with Crippen molar-refractivity contribution >= 4 is 17.5 Å². The average molecular weight is 200 g/mol. The number of hydrogen-bond acceptors (Lipinski definition) is 2. The van der Waals surface area contributed by atoms with Gasteiger partial charge in [0.05, 0.1) is 0 Å². The van der Waals surface area contributed by atoms with E-state index in [1.807, 2.05) is 18.7 Å². The summed E-state index contributed by atoms with van der Waals surface area (Å²) >= 11 is 2.02. The molecule has 1 aliphatic carbocycles. The second-order valence-corrected chi connectivity index (χ2v) is 5.18. The first-order valence-electron chi connectivity index (χ1n) is 5.46. The second kappa shape index (κ2) is 6.47. The minimum Gasteiger partial charge on any atom is -0.300 e. The van der Waals surface area contributed by atoms with E-state index >= 15 is 0 Å². The largest absolute Gasteiger partial charge is 0.300 e. The second-order valence-electron chi connectivity index (χ2n) is 3.77. The lowest BCUT2D eigenvalue weighted by Crippen LogP contribution is -2.09. The molecule has 0 bridgehead atoms. The van der Waals surface area contributed by atoms with Crippen molar-refractivity contribution in [3.05, 3.63) is 0 Å². The molecule has 1 fully saturated rings. The minimum atomic E-state index is 0.420. The van der Waals surface area contributed by atoms with Gasteiger partial charge in [0.25, 0.3) is 0 Å². The molecule has 0 N–H and O–H groups in total. The van der Waals surface area contributed by atoms with Crippen LogP contribution in [0.25, 0.3) is 0 Å². The van der Waals surface area contributed by atoms with Crippen molar-refractivity contribution < 1.29 is 4.79 Å². The van der Waals surface area contributed by atoms with E-state index in [2.05, 4.69) is 0 Å². The first-order chi connectivity index (χ1) is 6.33. The maximum absolute atomic E-state index is 11.0. The van der Waals surface area contributed by atoms with Crippen molar-refractivity contribution in [2.24, 2.45) is 0 Å². The van der Waals surface area contributed by atoms with Gasteiger partial charge in [-0.2, -0.15) is 11.8 Å². The number of carbonyl (C=O) groups is 1. The Bertz CT molecular complexity index is 150. The molecule has 0 unspecified atom stereocenters. The molecule has 0 aromatic heterocycles. The van der Waals surface area contributed by atoms with Crippen LogP contribution in [0.2, 0.25) is 0 Å². The molecule has 0 radical (unpaired) electrons. The number of thioether (sulfide) groups is 1. The van der Waals surface area contributed by atoms with E-state index in [0.717, 1.165) is 17.4 Å². The smallest absolute Gasteiger partial charge is 0.133 e. The van der Waals surface area contributed by atoms with E-state index in [4.69, 9.17) is 0 Å². The highest BCUT2D eigenvalue weighted by Gasteiger charge is 2.13. The summed E-state index contributed by atoms with van der Waals surface area (Å²) < 4.78 is 0. The van der Waals surface area contributed by atoms with Crippen LogP contribution in [-0.4, -0.2) is 16.8 Å². The quantitative estimate of drug-likeness (QED) is 0.676. The zero-order valence-electron chi connectivity index (χ0n) is 8.55. The third kappa shape index (κ3) is 4.70. The van der Waals surface area contributed by atoms with Gasteiger partial charge in [-0.1, -0.05) is 26.2 Å². The molecule has 13 heavy (non-hydrogen) atoms. The molecular weight excluding hydrogens is 180 g/mol. The van der Waals surface area contributed by atoms with E-state index in [0.29, 0.717) is 12.2 Å². The molecule has 0 aromatic rings. The third-order valence-corrected chi connectivity index (χ3v) is 4.06. The maximum atomic E-state index is 11.0. The molecule has 0 heterocycles. The van der Waals surface area contributed by atoms with Gasteiger partial charge in [0.15, 0.2) is 0 Å². The highest BCUT2D eigenvalue weighted by atomic mass is 32.2. The van der Waals surface area contributed by atoms with Crippen molar-refractivity contribution in [1.29, 1.82) is 0 Å². The molecule has 0 aromatic carbocycles.